The van der Waals surface area contributed by atoms with Crippen LogP contribution in [0.2, 0.25) is 0 Å². The van der Waals surface area contributed by atoms with Crippen LogP contribution in [0.25, 0.3) is 10.9 Å². The number of hydrogen-bond donors (Lipinski definition) is 1. The molecule has 3 rings (SSSR count). The Labute approximate surface area is 163 Å². The summed E-state index contributed by atoms with van der Waals surface area (Å²) in [6.07, 6.45) is 0. The molecule has 0 aliphatic heterocycles. The number of aryl methyl sites for hydroxylation is 1. The fourth-order valence-corrected chi connectivity index (χ4v) is 3.67. The van der Waals surface area contributed by atoms with E-state index in [4.69, 9.17) is 0 Å². The van der Waals surface area contributed by atoms with Crippen molar-refractivity contribution in [2.24, 2.45) is 0 Å². The second kappa shape index (κ2) is 7.85. The van der Waals surface area contributed by atoms with Crippen LogP contribution in [0.5, 0.6) is 0 Å². The summed E-state index contributed by atoms with van der Waals surface area (Å²) in [5.41, 5.74) is 3.20. The highest BCUT2D eigenvalue weighted by Gasteiger charge is 2.11. The molecule has 0 saturated carbocycles. The minimum Gasteiger partial charge on any atom is -0.325 e. The zero-order valence-electron chi connectivity index (χ0n) is 13.4. The largest absolute Gasteiger partial charge is 0.325 e. The van der Waals surface area contributed by atoms with Gasteiger partial charge >= 0.3 is 0 Å². The molecule has 124 valence electrons. The van der Waals surface area contributed by atoms with E-state index >= 15 is 0 Å². The van der Waals surface area contributed by atoms with E-state index in [1.165, 1.54) is 11.8 Å². The Morgan fingerprint density at radius 2 is 2.12 bits per heavy atom. The average molecular weight is 459 g/mol. The number of hydrogen-bond acceptors (Lipinski definition) is 4. The number of halogens is 1. The van der Waals surface area contributed by atoms with Gasteiger partial charge in [-0.25, -0.2) is 4.98 Å². The van der Waals surface area contributed by atoms with E-state index in [1.807, 2.05) is 55.5 Å². The Bertz CT molecular complexity index is 998. The van der Waals surface area contributed by atoms with E-state index < -0.39 is 0 Å². The highest BCUT2D eigenvalue weighted by molar-refractivity contribution is 14.1. The van der Waals surface area contributed by atoms with Crippen molar-refractivity contribution in [1.82, 2.24) is 4.98 Å². The van der Waals surface area contributed by atoms with Gasteiger partial charge in [-0.15, -0.1) is 0 Å². The van der Waals surface area contributed by atoms with Gasteiger partial charge in [-0.05, 0) is 65.9 Å². The molecule has 1 aromatic heterocycles. The number of rotatable bonds is 4. The van der Waals surface area contributed by atoms with Crippen molar-refractivity contribution >= 4 is 56.9 Å². The third kappa shape index (κ3) is 4.50. The first-order valence-corrected chi connectivity index (χ1v) is 9.61. The number of carbonyl (C=O) groups excluding carboxylic acids is 1. The molecule has 3 aromatic rings. The lowest BCUT2D eigenvalue weighted by molar-refractivity contribution is -0.113. The Morgan fingerprint density at radius 3 is 2.88 bits per heavy atom. The summed E-state index contributed by atoms with van der Waals surface area (Å²) in [7, 11) is 0. The Morgan fingerprint density at radius 1 is 1.28 bits per heavy atom. The summed E-state index contributed by atoms with van der Waals surface area (Å²) >= 11 is 3.47. The zero-order chi connectivity index (χ0) is 17.8. The Kier molecular flexibility index (Phi) is 5.56. The standard InChI is InChI=1S/C19H14IN3OS/c1-12-5-6-17-13(7-12)8-14(10-21)19(23-17)25-11-18(24)22-16-4-2-3-15(20)9-16/h2-9H,11H2,1H3,(H,22,24). The molecule has 0 radical (unpaired) electrons. The van der Waals surface area contributed by atoms with Gasteiger partial charge in [-0.1, -0.05) is 29.5 Å². The molecule has 0 bridgehead atoms. The molecule has 0 spiro atoms. The van der Waals surface area contributed by atoms with E-state index in [1.54, 1.807) is 0 Å². The third-order valence-corrected chi connectivity index (χ3v) is 5.17. The smallest absolute Gasteiger partial charge is 0.234 e. The highest BCUT2D eigenvalue weighted by Crippen LogP contribution is 2.25. The van der Waals surface area contributed by atoms with Crippen molar-refractivity contribution in [3.8, 4) is 6.07 Å². The maximum Gasteiger partial charge on any atom is 0.234 e. The van der Waals surface area contributed by atoms with Crippen LogP contribution in [0.4, 0.5) is 5.69 Å². The Hall–Kier alpha value is -2.11. The number of anilines is 1. The van der Waals surface area contributed by atoms with Crippen LogP contribution >= 0.6 is 34.4 Å². The molecule has 6 heteroatoms. The second-order valence-electron chi connectivity index (χ2n) is 5.50. The molecule has 25 heavy (non-hydrogen) atoms. The van der Waals surface area contributed by atoms with Gasteiger partial charge in [-0.2, -0.15) is 5.26 Å². The normalized spacial score (nSPS) is 10.4. The lowest BCUT2D eigenvalue weighted by atomic mass is 10.1. The number of amides is 1. The molecule has 1 heterocycles. The summed E-state index contributed by atoms with van der Waals surface area (Å²) < 4.78 is 1.06. The summed E-state index contributed by atoms with van der Waals surface area (Å²) in [6, 6.07) is 17.5. The Balaban J connectivity index is 1.75. The van der Waals surface area contributed by atoms with Crippen LogP contribution in [0.1, 0.15) is 11.1 Å². The SMILES string of the molecule is Cc1ccc2nc(SCC(=O)Nc3cccc(I)c3)c(C#N)cc2c1. The average Bonchev–Trinajstić information content (AvgIpc) is 2.59. The quantitative estimate of drug-likeness (QED) is 0.452. The predicted octanol–water partition coefficient (Wildman–Crippen LogP) is 4.75. The van der Waals surface area contributed by atoms with Crippen LogP contribution in [0.3, 0.4) is 0 Å². The number of pyridine rings is 1. The van der Waals surface area contributed by atoms with Gasteiger partial charge in [0.2, 0.25) is 5.91 Å². The maximum atomic E-state index is 12.2. The minimum absolute atomic E-state index is 0.123. The van der Waals surface area contributed by atoms with Crippen LogP contribution in [0.15, 0.2) is 53.6 Å². The van der Waals surface area contributed by atoms with Gasteiger partial charge in [0.25, 0.3) is 0 Å². The fraction of sp³-hybridized carbons (Fsp3) is 0.105. The molecule has 1 amide bonds. The van der Waals surface area contributed by atoms with Crippen molar-refractivity contribution in [3.05, 3.63) is 63.2 Å². The lowest BCUT2D eigenvalue weighted by Crippen LogP contribution is -2.14. The van der Waals surface area contributed by atoms with Crippen molar-refractivity contribution < 1.29 is 4.79 Å². The molecule has 2 aromatic carbocycles. The summed E-state index contributed by atoms with van der Waals surface area (Å²) in [4.78, 5) is 16.7. The number of nitriles is 1. The summed E-state index contributed by atoms with van der Waals surface area (Å²) in [5, 5.41) is 13.7. The third-order valence-electron chi connectivity index (χ3n) is 3.50. The van der Waals surface area contributed by atoms with Gasteiger partial charge in [0.15, 0.2) is 0 Å². The summed E-state index contributed by atoms with van der Waals surface area (Å²) in [6.45, 7) is 2.00. The molecule has 0 saturated heterocycles. The molecule has 0 atom stereocenters. The molecular formula is C19H14IN3OS. The summed E-state index contributed by atoms with van der Waals surface area (Å²) in [5.74, 6) is 0.0755. The number of fused-ring (bicyclic) bond motifs is 1. The first-order valence-electron chi connectivity index (χ1n) is 7.55. The van der Waals surface area contributed by atoms with Gasteiger partial charge < -0.3 is 5.32 Å². The van der Waals surface area contributed by atoms with E-state index in [2.05, 4.69) is 39.0 Å². The maximum absolute atomic E-state index is 12.2. The number of carbonyl (C=O) groups is 1. The van der Waals surface area contributed by atoms with Gasteiger partial charge in [0.1, 0.15) is 11.1 Å². The topological polar surface area (TPSA) is 65.8 Å². The van der Waals surface area contributed by atoms with E-state index in [-0.39, 0.29) is 11.7 Å². The molecule has 0 aliphatic rings. The van der Waals surface area contributed by atoms with Crippen LogP contribution in [0, 0.1) is 21.8 Å². The van der Waals surface area contributed by atoms with Crippen LogP contribution < -0.4 is 5.32 Å². The van der Waals surface area contributed by atoms with Gasteiger partial charge in [0.05, 0.1) is 16.8 Å². The highest BCUT2D eigenvalue weighted by atomic mass is 127. The van der Waals surface area contributed by atoms with Crippen molar-refractivity contribution in [2.75, 3.05) is 11.1 Å². The van der Waals surface area contributed by atoms with Gasteiger partial charge in [-0.3, -0.25) is 4.79 Å². The number of nitrogens with one attached hydrogen (secondary N) is 1. The molecular weight excluding hydrogens is 445 g/mol. The predicted molar refractivity (Wildman–Crippen MR) is 110 cm³/mol. The van der Waals surface area contributed by atoms with Crippen molar-refractivity contribution in [1.29, 1.82) is 5.26 Å². The molecule has 1 N–H and O–H groups in total. The molecule has 4 nitrogen and oxygen atoms in total. The fourth-order valence-electron chi connectivity index (χ4n) is 2.37. The van der Waals surface area contributed by atoms with Crippen LogP contribution in [-0.2, 0) is 4.79 Å². The molecule has 0 aliphatic carbocycles. The molecule has 0 unspecified atom stereocenters. The zero-order valence-corrected chi connectivity index (χ0v) is 16.4. The van der Waals surface area contributed by atoms with Crippen molar-refractivity contribution in [3.63, 3.8) is 0 Å². The number of thioether (sulfide) groups is 1. The van der Waals surface area contributed by atoms with Crippen molar-refractivity contribution in [2.45, 2.75) is 11.9 Å². The number of nitrogens with zero attached hydrogens (tertiary/aromatic N) is 2. The lowest BCUT2D eigenvalue weighted by Gasteiger charge is -2.07. The molecule has 0 fully saturated rings. The van der Waals surface area contributed by atoms with Crippen LogP contribution in [-0.4, -0.2) is 16.6 Å². The van der Waals surface area contributed by atoms with Gasteiger partial charge in [0, 0.05) is 14.6 Å². The number of aromatic nitrogens is 1. The van der Waals surface area contributed by atoms with E-state index in [0.29, 0.717) is 10.6 Å². The first kappa shape index (κ1) is 17.7. The monoisotopic (exact) mass is 459 g/mol. The first-order chi connectivity index (χ1) is 12.0. The van der Waals surface area contributed by atoms with E-state index in [9.17, 15) is 10.1 Å². The van der Waals surface area contributed by atoms with E-state index in [0.717, 1.165) is 25.7 Å². The second-order valence-corrected chi connectivity index (χ2v) is 7.71. The minimum atomic E-state index is -0.123. The number of benzene rings is 2.